The van der Waals surface area contributed by atoms with Crippen molar-refractivity contribution >= 4 is 36.6 Å². The second-order valence-electron chi connectivity index (χ2n) is 9.09. The number of carbonyl (C=O) groups is 1. The van der Waals surface area contributed by atoms with E-state index in [4.69, 9.17) is 24.3 Å². The van der Waals surface area contributed by atoms with Crippen LogP contribution in [0.15, 0.2) is 36.7 Å². The zero-order chi connectivity index (χ0) is 29.3. The van der Waals surface area contributed by atoms with Gasteiger partial charge in [0.25, 0.3) is 5.85 Å². The Bertz CT molecular complexity index is 1410. The molecule has 5 N–H and O–H groups in total. The topological polar surface area (TPSA) is 185 Å². The standard InChI is InChI=1S/C23H30F2N7O7P/c1-5-36-18(33)13(2)31-40(35,39-14-9-7-6-8-10-14)37-11-23(25)19(34)22(3,24)20(38-23)32-12-28-15-16(27-4)29-21(26)30-17(15)32/h6-10,12-13,19-20,34H,5,11H2,1-4H3,(H,31,35)(H3,26,27,29,30)/t13-,19+,20-,22-,23-,40?/m1/s1. The zero-order valence-electron chi connectivity index (χ0n) is 22.1. The number of aliphatic hydroxyl groups is 1. The van der Waals surface area contributed by atoms with E-state index in [9.17, 15) is 14.5 Å². The van der Waals surface area contributed by atoms with Gasteiger partial charge < -0.3 is 30.2 Å². The van der Waals surface area contributed by atoms with Gasteiger partial charge in [-0.2, -0.15) is 15.1 Å². The van der Waals surface area contributed by atoms with Crippen LogP contribution in [0.25, 0.3) is 11.2 Å². The average molecular weight is 586 g/mol. The van der Waals surface area contributed by atoms with Crippen LogP contribution >= 0.6 is 7.75 Å². The van der Waals surface area contributed by atoms with Crippen LogP contribution in [0, 0.1) is 0 Å². The summed E-state index contributed by atoms with van der Waals surface area (Å²) < 4.78 is 67.8. The number of nitrogens with zero attached hydrogens (tertiary/aromatic N) is 4. The smallest absolute Gasteiger partial charge is 0.459 e. The number of anilines is 2. The third-order valence-corrected chi connectivity index (χ3v) is 7.68. The number of imidazole rings is 1. The maximum absolute atomic E-state index is 16.1. The first-order valence-electron chi connectivity index (χ1n) is 12.2. The van der Waals surface area contributed by atoms with E-state index in [0.29, 0.717) is 0 Å². The van der Waals surface area contributed by atoms with Crippen LogP contribution in [0.5, 0.6) is 5.75 Å². The van der Waals surface area contributed by atoms with Crippen LogP contribution in [0.4, 0.5) is 20.5 Å². The Morgan fingerprint density at radius 2 is 2.02 bits per heavy atom. The number of ether oxygens (including phenoxy) is 2. The Kier molecular flexibility index (Phi) is 8.28. The number of para-hydroxylation sites is 1. The number of alkyl halides is 2. The summed E-state index contributed by atoms with van der Waals surface area (Å²) in [5, 5.41) is 15.9. The van der Waals surface area contributed by atoms with E-state index >= 15 is 8.78 Å². The predicted molar refractivity (Wildman–Crippen MR) is 139 cm³/mol. The molecule has 1 aliphatic heterocycles. The molecular weight excluding hydrogens is 555 g/mol. The van der Waals surface area contributed by atoms with Crippen molar-refractivity contribution in [3.05, 3.63) is 36.7 Å². The van der Waals surface area contributed by atoms with Crippen LogP contribution in [0.3, 0.4) is 0 Å². The molecule has 1 saturated heterocycles. The van der Waals surface area contributed by atoms with E-state index in [2.05, 4.69) is 25.4 Å². The third-order valence-electron chi connectivity index (χ3n) is 6.05. The van der Waals surface area contributed by atoms with Gasteiger partial charge in [-0.15, -0.1) is 0 Å². The number of hydrogen-bond donors (Lipinski definition) is 4. The molecule has 0 amide bonds. The molecule has 0 aliphatic carbocycles. The van der Waals surface area contributed by atoms with Gasteiger partial charge in [0.15, 0.2) is 35.0 Å². The number of carbonyl (C=O) groups excluding carboxylic acids is 1. The highest BCUT2D eigenvalue weighted by Gasteiger charge is 2.65. The Hall–Kier alpha value is -3.43. The molecular formula is C23H30F2N7O7P. The maximum Gasteiger partial charge on any atom is 0.459 e. The molecule has 6 atom stereocenters. The van der Waals surface area contributed by atoms with E-state index in [0.717, 1.165) is 17.8 Å². The summed E-state index contributed by atoms with van der Waals surface area (Å²) in [5.74, 6) is -3.89. The normalized spacial score (nSPS) is 26.8. The minimum absolute atomic E-state index is 0.00565. The fraction of sp³-hybridized carbons (Fsp3) is 0.478. The van der Waals surface area contributed by atoms with Gasteiger partial charge in [-0.05, 0) is 32.9 Å². The number of esters is 1. The van der Waals surface area contributed by atoms with Gasteiger partial charge in [0.1, 0.15) is 18.4 Å². The van der Waals surface area contributed by atoms with Crippen LogP contribution < -0.4 is 20.7 Å². The number of hydrogen-bond acceptors (Lipinski definition) is 12. The van der Waals surface area contributed by atoms with E-state index in [1.165, 1.54) is 19.1 Å². The van der Waals surface area contributed by atoms with Gasteiger partial charge in [0.2, 0.25) is 5.95 Å². The summed E-state index contributed by atoms with van der Waals surface area (Å²) in [6.07, 6.45) is -3.10. The van der Waals surface area contributed by atoms with E-state index < -0.39 is 50.2 Å². The van der Waals surface area contributed by atoms with Gasteiger partial charge in [-0.25, -0.2) is 18.3 Å². The van der Waals surface area contributed by atoms with Crippen molar-refractivity contribution in [2.45, 2.75) is 50.7 Å². The molecule has 40 heavy (non-hydrogen) atoms. The zero-order valence-corrected chi connectivity index (χ0v) is 23.0. The second-order valence-corrected chi connectivity index (χ2v) is 10.8. The molecule has 1 aromatic carbocycles. The molecule has 1 fully saturated rings. The molecule has 3 heterocycles. The fourth-order valence-corrected chi connectivity index (χ4v) is 5.59. The van der Waals surface area contributed by atoms with Gasteiger partial charge in [0, 0.05) is 7.05 Å². The maximum atomic E-state index is 16.1. The lowest BCUT2D eigenvalue weighted by molar-refractivity contribution is -0.202. The van der Waals surface area contributed by atoms with Gasteiger partial charge in [-0.3, -0.25) is 13.9 Å². The van der Waals surface area contributed by atoms with Crippen molar-refractivity contribution in [1.82, 2.24) is 24.6 Å². The molecule has 17 heteroatoms. The predicted octanol–water partition coefficient (Wildman–Crippen LogP) is 2.48. The molecule has 14 nitrogen and oxygen atoms in total. The Morgan fingerprint density at radius 1 is 1.32 bits per heavy atom. The monoisotopic (exact) mass is 585 g/mol. The molecule has 3 aromatic rings. The summed E-state index contributed by atoms with van der Waals surface area (Å²) in [7, 11) is -2.98. The minimum atomic E-state index is -4.54. The first kappa shape index (κ1) is 29.6. The van der Waals surface area contributed by atoms with Gasteiger partial charge >= 0.3 is 13.7 Å². The van der Waals surface area contributed by atoms with Gasteiger partial charge in [-0.1, -0.05) is 18.2 Å². The van der Waals surface area contributed by atoms with E-state index in [1.54, 1.807) is 32.2 Å². The minimum Gasteiger partial charge on any atom is -0.465 e. The number of nitrogens with two attached hydrogens (primary N) is 1. The Labute approximate surface area is 227 Å². The molecule has 218 valence electrons. The first-order chi connectivity index (χ1) is 18.8. The van der Waals surface area contributed by atoms with Crippen molar-refractivity contribution in [3.63, 3.8) is 0 Å². The highest BCUT2D eigenvalue weighted by Crippen LogP contribution is 2.52. The largest absolute Gasteiger partial charge is 0.465 e. The molecule has 0 radical (unpaired) electrons. The quantitative estimate of drug-likeness (QED) is 0.190. The average Bonchev–Trinajstić information content (AvgIpc) is 3.40. The van der Waals surface area contributed by atoms with Crippen molar-refractivity contribution < 1.29 is 41.8 Å². The first-order valence-corrected chi connectivity index (χ1v) is 13.7. The lowest BCUT2D eigenvalue weighted by atomic mass is 9.97. The van der Waals surface area contributed by atoms with Gasteiger partial charge in [0.05, 0.1) is 12.9 Å². The van der Waals surface area contributed by atoms with Crippen LogP contribution in [-0.2, 0) is 23.4 Å². The lowest BCUT2D eigenvalue weighted by Crippen LogP contribution is -2.47. The summed E-state index contributed by atoms with van der Waals surface area (Å²) >= 11 is 0. The number of aliphatic hydroxyl groups excluding tert-OH is 1. The van der Waals surface area contributed by atoms with E-state index in [1.807, 2.05) is 0 Å². The number of halogens is 2. The summed E-state index contributed by atoms with van der Waals surface area (Å²) in [6, 6.07) is 6.53. The molecule has 4 rings (SSSR count). The van der Waals surface area contributed by atoms with Crippen LogP contribution in [0.2, 0.25) is 0 Å². The summed E-state index contributed by atoms with van der Waals surface area (Å²) in [6.45, 7) is 2.62. The highest BCUT2D eigenvalue weighted by atomic mass is 31.2. The number of fused-ring (bicyclic) bond motifs is 1. The third kappa shape index (κ3) is 5.71. The number of rotatable bonds is 11. The summed E-state index contributed by atoms with van der Waals surface area (Å²) in [4.78, 5) is 24.3. The fourth-order valence-electron chi connectivity index (χ4n) is 4.08. The second kappa shape index (κ2) is 11.2. The molecule has 0 saturated carbocycles. The molecule has 0 bridgehead atoms. The number of nitrogens with one attached hydrogen (secondary N) is 2. The number of benzene rings is 1. The molecule has 1 aliphatic rings. The van der Waals surface area contributed by atoms with Crippen LogP contribution in [-0.4, -0.2) is 74.5 Å². The van der Waals surface area contributed by atoms with Crippen LogP contribution in [0.1, 0.15) is 27.0 Å². The van der Waals surface area contributed by atoms with Crippen molar-refractivity contribution in [2.24, 2.45) is 0 Å². The van der Waals surface area contributed by atoms with Crippen molar-refractivity contribution in [2.75, 3.05) is 31.3 Å². The van der Waals surface area contributed by atoms with Crippen molar-refractivity contribution in [3.8, 4) is 5.75 Å². The molecule has 2 aromatic heterocycles. The highest BCUT2D eigenvalue weighted by molar-refractivity contribution is 7.52. The lowest BCUT2D eigenvalue weighted by Gasteiger charge is -2.28. The SMILES string of the molecule is CCOC(=O)[C@@H](C)NP(=O)(OC[C@@]1(F)O[C@@H](n2cnc3c(NC)nc(N)nc32)[C@](C)(F)[C@@H]1O)Oc1ccccc1. The number of aromatic nitrogens is 4. The number of nitrogen functional groups attached to an aromatic ring is 1. The Morgan fingerprint density at radius 3 is 2.67 bits per heavy atom. The molecule has 1 unspecified atom stereocenters. The Balaban J connectivity index is 1.61. The molecule has 0 spiro atoms. The van der Waals surface area contributed by atoms with Crippen molar-refractivity contribution in [1.29, 1.82) is 0 Å². The van der Waals surface area contributed by atoms with E-state index in [-0.39, 0.29) is 35.3 Å². The summed E-state index contributed by atoms with van der Waals surface area (Å²) in [5.41, 5.74) is 3.18.